The van der Waals surface area contributed by atoms with E-state index in [-0.39, 0.29) is 11.4 Å². The lowest BCUT2D eigenvalue weighted by Crippen LogP contribution is -2.13. The number of rotatable bonds is 4. The molecule has 0 aliphatic rings. The summed E-state index contributed by atoms with van der Waals surface area (Å²) in [6.07, 6.45) is 3.86. The van der Waals surface area contributed by atoms with E-state index >= 15 is 0 Å². The van der Waals surface area contributed by atoms with Gasteiger partial charge < -0.3 is 9.67 Å². The largest absolute Gasteiger partial charge is 0.478 e. The Bertz CT molecular complexity index is 687. The highest BCUT2D eigenvalue weighted by Gasteiger charge is 2.05. The highest BCUT2D eigenvalue weighted by Crippen LogP contribution is 2.13. The Morgan fingerprint density at radius 1 is 1.47 bits per heavy atom. The summed E-state index contributed by atoms with van der Waals surface area (Å²) in [5.41, 5.74) is 0.842. The van der Waals surface area contributed by atoms with Crippen LogP contribution in [0.25, 0.3) is 6.08 Å². The number of carboxylic acids is 1. The molecule has 0 atom stereocenters. The fourth-order valence-electron chi connectivity index (χ4n) is 1.55. The van der Waals surface area contributed by atoms with Crippen LogP contribution in [-0.4, -0.2) is 15.6 Å². The summed E-state index contributed by atoms with van der Waals surface area (Å²) in [6, 6.07) is 4.39. The maximum absolute atomic E-state index is 13.8. The van der Waals surface area contributed by atoms with Crippen molar-refractivity contribution in [2.24, 2.45) is 0 Å². The first kappa shape index (κ1) is 13.2. The highest BCUT2D eigenvalue weighted by atomic mass is 32.1. The standard InChI is InChI=1S/C13H10FNO3S/c14-11-7-9(2-4-12(16)17)1-3-10(11)8-15-5-6-19-13(15)18/h1-7H,8H2,(H,16,17). The van der Waals surface area contributed by atoms with Gasteiger partial charge in [0.1, 0.15) is 5.82 Å². The summed E-state index contributed by atoms with van der Waals surface area (Å²) in [6.45, 7) is 0.164. The maximum Gasteiger partial charge on any atom is 0.328 e. The van der Waals surface area contributed by atoms with Gasteiger partial charge in [0, 0.05) is 23.2 Å². The van der Waals surface area contributed by atoms with Crippen LogP contribution in [0, 0.1) is 5.82 Å². The van der Waals surface area contributed by atoms with Crippen LogP contribution in [0.15, 0.2) is 40.6 Å². The third kappa shape index (κ3) is 3.38. The number of halogens is 1. The van der Waals surface area contributed by atoms with E-state index in [1.807, 2.05) is 0 Å². The van der Waals surface area contributed by atoms with E-state index in [0.29, 0.717) is 11.1 Å². The quantitative estimate of drug-likeness (QED) is 0.873. The number of carbonyl (C=O) groups is 1. The van der Waals surface area contributed by atoms with E-state index in [4.69, 9.17) is 5.11 Å². The van der Waals surface area contributed by atoms with Crippen molar-refractivity contribution < 1.29 is 14.3 Å². The zero-order valence-electron chi connectivity index (χ0n) is 9.75. The van der Waals surface area contributed by atoms with Crippen LogP contribution in [0.4, 0.5) is 4.39 Å². The van der Waals surface area contributed by atoms with Gasteiger partial charge in [-0.15, -0.1) is 0 Å². The molecule has 1 N–H and O–H groups in total. The van der Waals surface area contributed by atoms with Crippen LogP contribution in [0.5, 0.6) is 0 Å². The molecule has 2 aromatic rings. The minimum Gasteiger partial charge on any atom is -0.478 e. The van der Waals surface area contributed by atoms with Crippen LogP contribution in [0.3, 0.4) is 0 Å². The van der Waals surface area contributed by atoms with E-state index in [2.05, 4.69) is 0 Å². The SMILES string of the molecule is O=C(O)C=Cc1ccc(Cn2ccsc2=O)c(F)c1. The molecule has 2 rings (SSSR count). The second kappa shape index (κ2) is 5.62. The van der Waals surface area contributed by atoms with Crippen molar-refractivity contribution >= 4 is 23.4 Å². The number of hydrogen-bond acceptors (Lipinski definition) is 3. The van der Waals surface area contributed by atoms with Gasteiger partial charge in [0.15, 0.2) is 0 Å². The Morgan fingerprint density at radius 3 is 2.84 bits per heavy atom. The van der Waals surface area contributed by atoms with Crippen molar-refractivity contribution in [3.05, 3.63) is 62.5 Å². The van der Waals surface area contributed by atoms with Crippen molar-refractivity contribution in [1.82, 2.24) is 4.57 Å². The zero-order valence-corrected chi connectivity index (χ0v) is 10.6. The summed E-state index contributed by atoms with van der Waals surface area (Å²) in [7, 11) is 0. The average Bonchev–Trinajstić information content (AvgIpc) is 2.75. The summed E-state index contributed by atoms with van der Waals surface area (Å²) in [4.78, 5) is 21.6. The Balaban J connectivity index is 2.22. The first-order valence-corrected chi connectivity index (χ1v) is 6.27. The summed E-state index contributed by atoms with van der Waals surface area (Å²) in [5.74, 6) is -1.56. The molecule has 0 unspecified atom stereocenters. The van der Waals surface area contributed by atoms with Crippen molar-refractivity contribution in [2.75, 3.05) is 0 Å². The fraction of sp³-hybridized carbons (Fsp3) is 0.0769. The van der Waals surface area contributed by atoms with E-state index < -0.39 is 11.8 Å². The minimum absolute atomic E-state index is 0.144. The van der Waals surface area contributed by atoms with Crippen LogP contribution in [-0.2, 0) is 11.3 Å². The van der Waals surface area contributed by atoms with E-state index in [9.17, 15) is 14.0 Å². The van der Waals surface area contributed by atoms with E-state index in [1.54, 1.807) is 23.7 Å². The molecule has 4 nitrogen and oxygen atoms in total. The first-order chi connectivity index (χ1) is 9.06. The lowest BCUT2D eigenvalue weighted by molar-refractivity contribution is -0.131. The molecule has 6 heteroatoms. The molecule has 0 fully saturated rings. The van der Waals surface area contributed by atoms with Crippen LogP contribution in [0.2, 0.25) is 0 Å². The van der Waals surface area contributed by atoms with Gasteiger partial charge in [-0.05, 0) is 17.7 Å². The smallest absolute Gasteiger partial charge is 0.328 e. The first-order valence-electron chi connectivity index (χ1n) is 5.39. The van der Waals surface area contributed by atoms with Gasteiger partial charge in [0.2, 0.25) is 0 Å². The molecule has 1 heterocycles. The van der Waals surface area contributed by atoms with E-state index in [1.165, 1.54) is 16.7 Å². The Kier molecular flexibility index (Phi) is 3.91. The van der Waals surface area contributed by atoms with Gasteiger partial charge in [-0.1, -0.05) is 23.5 Å². The molecule has 98 valence electrons. The molecule has 0 aliphatic carbocycles. The molecule has 1 aromatic heterocycles. The molecule has 0 bridgehead atoms. The second-order valence-electron chi connectivity index (χ2n) is 3.82. The molecule has 0 amide bonds. The molecule has 0 saturated heterocycles. The molecule has 0 saturated carbocycles. The minimum atomic E-state index is -1.09. The van der Waals surface area contributed by atoms with Gasteiger partial charge in [0.05, 0.1) is 6.54 Å². The summed E-state index contributed by atoms with van der Waals surface area (Å²) >= 11 is 1.05. The lowest BCUT2D eigenvalue weighted by atomic mass is 10.1. The molecule has 19 heavy (non-hydrogen) atoms. The van der Waals surface area contributed by atoms with Gasteiger partial charge in [-0.3, -0.25) is 4.79 Å². The van der Waals surface area contributed by atoms with Crippen molar-refractivity contribution in [2.45, 2.75) is 6.54 Å². The third-order valence-electron chi connectivity index (χ3n) is 2.48. The topological polar surface area (TPSA) is 59.3 Å². The van der Waals surface area contributed by atoms with E-state index in [0.717, 1.165) is 17.4 Å². The normalized spacial score (nSPS) is 11.0. The average molecular weight is 279 g/mol. The number of thiazole rings is 1. The van der Waals surface area contributed by atoms with Gasteiger partial charge in [-0.2, -0.15) is 0 Å². The lowest BCUT2D eigenvalue weighted by Gasteiger charge is -2.04. The van der Waals surface area contributed by atoms with Crippen LogP contribution in [0.1, 0.15) is 11.1 Å². The summed E-state index contributed by atoms with van der Waals surface area (Å²) in [5, 5.41) is 10.1. The number of benzene rings is 1. The molecule has 0 aliphatic heterocycles. The summed E-state index contributed by atoms with van der Waals surface area (Å²) < 4.78 is 15.2. The molecular formula is C13H10FNO3S. The zero-order chi connectivity index (χ0) is 13.8. The molecular weight excluding hydrogens is 269 g/mol. The van der Waals surface area contributed by atoms with Crippen LogP contribution >= 0.6 is 11.3 Å². The number of aromatic nitrogens is 1. The third-order valence-corrected chi connectivity index (χ3v) is 3.17. The molecule has 0 radical (unpaired) electrons. The fourth-order valence-corrected chi connectivity index (χ4v) is 2.14. The van der Waals surface area contributed by atoms with Gasteiger partial charge in [-0.25, -0.2) is 9.18 Å². The van der Waals surface area contributed by atoms with Crippen molar-refractivity contribution in [1.29, 1.82) is 0 Å². The predicted molar refractivity (Wildman–Crippen MR) is 70.8 cm³/mol. The number of carboxylic acid groups (broad SMARTS) is 1. The Hall–Kier alpha value is -2.21. The van der Waals surface area contributed by atoms with Gasteiger partial charge >= 0.3 is 10.8 Å². The Labute approximate surface area is 112 Å². The number of aliphatic carboxylic acids is 1. The highest BCUT2D eigenvalue weighted by molar-refractivity contribution is 7.07. The monoisotopic (exact) mass is 279 g/mol. The molecule has 0 spiro atoms. The number of hydrogen-bond donors (Lipinski definition) is 1. The second-order valence-corrected chi connectivity index (χ2v) is 4.68. The van der Waals surface area contributed by atoms with Crippen molar-refractivity contribution in [3.8, 4) is 0 Å². The number of nitrogens with zero attached hydrogens (tertiary/aromatic N) is 1. The van der Waals surface area contributed by atoms with Crippen LogP contribution < -0.4 is 4.87 Å². The maximum atomic E-state index is 13.8. The predicted octanol–water partition coefficient (Wildman–Crippen LogP) is 2.20. The van der Waals surface area contributed by atoms with Crippen molar-refractivity contribution in [3.63, 3.8) is 0 Å². The molecule has 1 aromatic carbocycles. The van der Waals surface area contributed by atoms with Gasteiger partial charge in [0.25, 0.3) is 0 Å². The Morgan fingerprint density at radius 2 is 2.26 bits per heavy atom.